The first-order valence-corrected chi connectivity index (χ1v) is 6.23. The molecule has 0 radical (unpaired) electrons. The molecule has 110 valence electrons. The molecule has 0 fully saturated rings. The molecule has 9 nitrogen and oxygen atoms in total. The summed E-state index contributed by atoms with van der Waals surface area (Å²) >= 11 is 0. The maximum Gasteiger partial charge on any atom is 0.162 e. The van der Waals surface area contributed by atoms with Crippen LogP contribution in [0.5, 0.6) is 5.75 Å². The predicted octanol–water partition coefficient (Wildman–Crippen LogP) is -0.876. The van der Waals surface area contributed by atoms with E-state index in [2.05, 4.69) is 30.6 Å². The normalized spacial score (nSPS) is 12.8. The number of methoxy groups -OCH3 is 1. The van der Waals surface area contributed by atoms with E-state index in [1.54, 1.807) is 13.3 Å². The van der Waals surface area contributed by atoms with Gasteiger partial charge in [0.25, 0.3) is 0 Å². The van der Waals surface area contributed by atoms with E-state index in [9.17, 15) is 0 Å². The molecule has 2 aromatic rings. The quantitative estimate of drug-likeness (QED) is 0.446. The van der Waals surface area contributed by atoms with Gasteiger partial charge in [-0.3, -0.25) is 15.6 Å². The molecule has 0 bridgehead atoms. The highest BCUT2D eigenvalue weighted by Gasteiger charge is 2.24. The van der Waals surface area contributed by atoms with E-state index < -0.39 is 0 Å². The minimum absolute atomic E-state index is 0.364. The molecule has 2 aromatic heterocycles. The van der Waals surface area contributed by atoms with Gasteiger partial charge in [0.1, 0.15) is 23.9 Å². The zero-order valence-corrected chi connectivity index (χ0v) is 11.9. The van der Waals surface area contributed by atoms with E-state index in [0.717, 1.165) is 18.8 Å². The number of hydrogen-bond acceptors (Lipinski definition) is 7. The van der Waals surface area contributed by atoms with Gasteiger partial charge in [0.2, 0.25) is 0 Å². The van der Waals surface area contributed by atoms with Crippen molar-refractivity contribution in [1.82, 2.24) is 35.3 Å². The molecule has 2 rings (SSSR count). The Morgan fingerprint density at radius 3 is 2.90 bits per heavy atom. The number of aromatic amines is 1. The van der Waals surface area contributed by atoms with Gasteiger partial charge >= 0.3 is 0 Å². The molecule has 0 aliphatic rings. The Hall–Kier alpha value is -1.97. The van der Waals surface area contributed by atoms with Crippen LogP contribution in [0.25, 0.3) is 0 Å². The van der Waals surface area contributed by atoms with Gasteiger partial charge in [0.15, 0.2) is 5.75 Å². The molecule has 20 heavy (non-hydrogen) atoms. The summed E-state index contributed by atoms with van der Waals surface area (Å²) in [6, 6.07) is -0.364. The second-order valence-electron chi connectivity index (χ2n) is 4.59. The molecule has 0 spiro atoms. The number of nitrogens with one attached hydrogen (secondary N) is 2. The van der Waals surface area contributed by atoms with Crippen molar-refractivity contribution in [3.05, 3.63) is 24.0 Å². The lowest BCUT2D eigenvalue weighted by Gasteiger charge is -2.18. The van der Waals surface area contributed by atoms with Crippen molar-refractivity contribution in [2.75, 3.05) is 27.7 Å². The average Bonchev–Trinajstić information content (AvgIpc) is 3.07. The van der Waals surface area contributed by atoms with Gasteiger partial charge in [-0.25, -0.2) is 10.4 Å². The highest BCUT2D eigenvalue weighted by Crippen LogP contribution is 2.27. The Morgan fingerprint density at radius 1 is 1.55 bits per heavy atom. The third kappa shape index (κ3) is 2.95. The smallest absolute Gasteiger partial charge is 0.162 e. The third-order valence-electron chi connectivity index (χ3n) is 2.97. The Kier molecular flexibility index (Phi) is 4.66. The first-order chi connectivity index (χ1) is 9.67. The maximum absolute atomic E-state index is 5.66. The first-order valence-electron chi connectivity index (χ1n) is 6.23. The van der Waals surface area contributed by atoms with Crippen LogP contribution in [0.1, 0.15) is 17.6 Å². The standard InChI is InChI=1S/C11H20N8O/c1-18(2)4-5-19-10(8(20-3)6-15-19)9(16-12)11-13-7-14-17-11/h6-7,9,16H,4-5,12H2,1-3H3,(H,13,14,17). The van der Waals surface area contributed by atoms with Gasteiger partial charge < -0.3 is 9.64 Å². The van der Waals surface area contributed by atoms with Crippen LogP contribution in [0.3, 0.4) is 0 Å². The van der Waals surface area contributed by atoms with E-state index >= 15 is 0 Å². The minimum atomic E-state index is -0.364. The largest absolute Gasteiger partial charge is 0.493 e. The Labute approximate surface area is 117 Å². The lowest BCUT2D eigenvalue weighted by molar-refractivity contribution is 0.358. The van der Waals surface area contributed by atoms with Gasteiger partial charge in [-0.2, -0.15) is 10.2 Å². The molecule has 1 atom stereocenters. The first kappa shape index (κ1) is 14.4. The number of aromatic nitrogens is 5. The van der Waals surface area contributed by atoms with Crippen LogP contribution in [0.2, 0.25) is 0 Å². The van der Waals surface area contributed by atoms with E-state index in [-0.39, 0.29) is 6.04 Å². The van der Waals surface area contributed by atoms with Gasteiger partial charge in [0, 0.05) is 6.54 Å². The van der Waals surface area contributed by atoms with Crippen LogP contribution >= 0.6 is 0 Å². The van der Waals surface area contributed by atoms with Crippen molar-refractivity contribution < 1.29 is 4.74 Å². The number of hydrogen-bond donors (Lipinski definition) is 3. The molecule has 0 amide bonds. The fourth-order valence-electron chi connectivity index (χ4n) is 1.94. The Morgan fingerprint density at radius 2 is 2.35 bits per heavy atom. The SMILES string of the molecule is COc1cnn(CCN(C)C)c1C(NN)c1ncn[nH]1. The minimum Gasteiger partial charge on any atom is -0.493 e. The van der Waals surface area contributed by atoms with Crippen molar-refractivity contribution in [2.24, 2.45) is 5.84 Å². The molecule has 9 heteroatoms. The molecular weight excluding hydrogens is 260 g/mol. The fraction of sp³-hybridized carbons (Fsp3) is 0.545. The average molecular weight is 280 g/mol. The van der Waals surface area contributed by atoms with Crippen LogP contribution in [0.15, 0.2) is 12.5 Å². The van der Waals surface area contributed by atoms with Crippen molar-refractivity contribution in [3.63, 3.8) is 0 Å². The summed E-state index contributed by atoms with van der Waals surface area (Å²) < 4.78 is 7.21. The Balaban J connectivity index is 2.34. The second-order valence-corrected chi connectivity index (χ2v) is 4.59. The summed E-state index contributed by atoms with van der Waals surface area (Å²) in [4.78, 5) is 6.22. The molecule has 0 aromatic carbocycles. The number of rotatable bonds is 7. The summed E-state index contributed by atoms with van der Waals surface area (Å²) in [7, 11) is 5.62. The van der Waals surface area contributed by atoms with Crippen LogP contribution in [0, 0.1) is 0 Å². The highest BCUT2D eigenvalue weighted by molar-refractivity contribution is 5.31. The van der Waals surface area contributed by atoms with E-state index in [1.807, 2.05) is 18.8 Å². The van der Waals surface area contributed by atoms with Crippen molar-refractivity contribution in [3.8, 4) is 5.75 Å². The molecule has 0 saturated carbocycles. The molecule has 0 aliphatic carbocycles. The summed E-state index contributed by atoms with van der Waals surface area (Å²) in [6.07, 6.45) is 3.11. The zero-order chi connectivity index (χ0) is 14.5. The summed E-state index contributed by atoms with van der Waals surface area (Å²) in [5, 5.41) is 11.0. The molecule has 0 aliphatic heterocycles. The van der Waals surface area contributed by atoms with Gasteiger partial charge in [0.05, 0.1) is 19.9 Å². The number of hydrazine groups is 1. The summed E-state index contributed by atoms with van der Waals surface area (Å²) in [6.45, 7) is 1.57. The number of ether oxygens (including phenoxy) is 1. The lowest BCUT2D eigenvalue weighted by atomic mass is 10.2. The van der Waals surface area contributed by atoms with Gasteiger partial charge in [-0.05, 0) is 14.1 Å². The summed E-state index contributed by atoms with van der Waals surface area (Å²) in [5.74, 6) is 6.92. The molecule has 2 heterocycles. The number of nitrogens with zero attached hydrogens (tertiary/aromatic N) is 5. The Bertz CT molecular complexity index is 521. The molecule has 0 saturated heterocycles. The molecule has 1 unspecified atom stereocenters. The van der Waals surface area contributed by atoms with Crippen LogP contribution in [-0.2, 0) is 6.54 Å². The lowest BCUT2D eigenvalue weighted by Crippen LogP contribution is -2.32. The van der Waals surface area contributed by atoms with Gasteiger partial charge in [-0.15, -0.1) is 0 Å². The van der Waals surface area contributed by atoms with Crippen molar-refractivity contribution >= 4 is 0 Å². The molecule has 4 N–H and O–H groups in total. The monoisotopic (exact) mass is 280 g/mol. The summed E-state index contributed by atoms with van der Waals surface area (Å²) in [5.41, 5.74) is 3.53. The van der Waals surface area contributed by atoms with Crippen LogP contribution in [0.4, 0.5) is 0 Å². The maximum atomic E-state index is 5.66. The van der Waals surface area contributed by atoms with Crippen molar-refractivity contribution in [2.45, 2.75) is 12.6 Å². The third-order valence-corrected chi connectivity index (χ3v) is 2.97. The predicted molar refractivity (Wildman–Crippen MR) is 72.9 cm³/mol. The fourth-order valence-corrected chi connectivity index (χ4v) is 1.94. The zero-order valence-electron chi connectivity index (χ0n) is 11.9. The van der Waals surface area contributed by atoms with Crippen molar-refractivity contribution in [1.29, 1.82) is 0 Å². The van der Waals surface area contributed by atoms with E-state index in [1.165, 1.54) is 6.33 Å². The van der Waals surface area contributed by atoms with Crippen LogP contribution in [-0.4, -0.2) is 57.6 Å². The van der Waals surface area contributed by atoms with E-state index in [4.69, 9.17) is 10.6 Å². The van der Waals surface area contributed by atoms with E-state index in [0.29, 0.717) is 11.6 Å². The van der Waals surface area contributed by atoms with Crippen LogP contribution < -0.4 is 16.0 Å². The topological polar surface area (TPSA) is 110 Å². The number of likely N-dealkylation sites (N-methyl/N-ethyl adjacent to an activating group) is 1. The van der Waals surface area contributed by atoms with Gasteiger partial charge in [-0.1, -0.05) is 0 Å². The second kappa shape index (κ2) is 6.46. The number of nitrogens with two attached hydrogens (primary N) is 1. The molecular formula is C11H20N8O. The number of H-pyrrole nitrogens is 1. The highest BCUT2D eigenvalue weighted by atomic mass is 16.5.